The van der Waals surface area contributed by atoms with Gasteiger partial charge in [0, 0.05) is 5.56 Å². The highest BCUT2D eigenvalue weighted by atomic mass is 16.1. The lowest BCUT2D eigenvalue weighted by Gasteiger charge is -2.36. The van der Waals surface area contributed by atoms with Crippen LogP contribution in [0.2, 0.25) is 0 Å². The number of nitrogens with zero attached hydrogens (tertiary/aromatic N) is 2. The number of hydrogen-bond donors (Lipinski definition) is 2. The van der Waals surface area contributed by atoms with Crippen molar-refractivity contribution in [1.82, 2.24) is 20.4 Å². The Morgan fingerprint density at radius 2 is 2.09 bits per heavy atom. The number of benzene rings is 1. The van der Waals surface area contributed by atoms with Crippen LogP contribution >= 0.6 is 0 Å². The Kier molecular flexibility index (Phi) is 4.22. The molecule has 0 unspecified atom stereocenters. The van der Waals surface area contributed by atoms with Crippen molar-refractivity contribution >= 4 is 5.91 Å². The molecule has 2 N–H and O–H groups in total. The van der Waals surface area contributed by atoms with Crippen molar-refractivity contribution in [3.05, 3.63) is 47.8 Å². The number of rotatable bonds is 4. The summed E-state index contributed by atoms with van der Waals surface area (Å²) in [6.07, 6.45) is 3.79. The predicted octanol–water partition coefficient (Wildman–Crippen LogP) is 2.22. The third-order valence-electron chi connectivity index (χ3n) is 4.35. The van der Waals surface area contributed by atoms with Crippen LogP contribution in [-0.2, 0) is 11.2 Å². The maximum Gasteiger partial charge on any atom is 0.234 e. The molecular formula is C18H24N4O. The highest BCUT2D eigenvalue weighted by Gasteiger charge is 2.35. The van der Waals surface area contributed by atoms with Gasteiger partial charge in [-0.3, -0.25) is 4.79 Å². The summed E-state index contributed by atoms with van der Waals surface area (Å²) in [6.45, 7) is 4.82. The molecule has 3 rings (SSSR count). The molecule has 23 heavy (non-hydrogen) atoms. The van der Waals surface area contributed by atoms with Crippen molar-refractivity contribution in [2.24, 2.45) is 5.41 Å². The molecule has 1 amide bonds. The van der Waals surface area contributed by atoms with Crippen LogP contribution in [0.4, 0.5) is 0 Å². The molecule has 5 heteroatoms. The van der Waals surface area contributed by atoms with E-state index in [2.05, 4.69) is 41.7 Å². The zero-order valence-electron chi connectivity index (χ0n) is 14.0. The van der Waals surface area contributed by atoms with Gasteiger partial charge in [0.05, 0.1) is 30.2 Å². The monoisotopic (exact) mass is 312 g/mol. The van der Waals surface area contributed by atoms with Crippen LogP contribution in [0.1, 0.15) is 37.6 Å². The first kappa shape index (κ1) is 15.7. The van der Waals surface area contributed by atoms with Crippen molar-refractivity contribution in [2.75, 3.05) is 13.6 Å². The van der Waals surface area contributed by atoms with Gasteiger partial charge in [0.25, 0.3) is 0 Å². The zero-order valence-corrected chi connectivity index (χ0v) is 14.0. The van der Waals surface area contributed by atoms with Gasteiger partial charge in [0.2, 0.25) is 5.91 Å². The molecule has 0 saturated heterocycles. The van der Waals surface area contributed by atoms with E-state index in [0.717, 1.165) is 24.1 Å². The smallest absolute Gasteiger partial charge is 0.234 e. The van der Waals surface area contributed by atoms with Crippen molar-refractivity contribution in [3.8, 4) is 5.69 Å². The highest BCUT2D eigenvalue weighted by molar-refractivity contribution is 5.78. The fourth-order valence-electron chi connectivity index (χ4n) is 3.37. The Labute approximate surface area is 137 Å². The Morgan fingerprint density at radius 3 is 2.78 bits per heavy atom. The second-order valence-corrected chi connectivity index (χ2v) is 6.99. The molecule has 0 bridgehead atoms. The van der Waals surface area contributed by atoms with Gasteiger partial charge in [-0.2, -0.15) is 5.10 Å². The number of carbonyl (C=O) groups excluding carboxylic acids is 1. The van der Waals surface area contributed by atoms with Gasteiger partial charge in [0.15, 0.2) is 0 Å². The number of fused-ring (bicyclic) bond motifs is 1. The molecule has 0 aliphatic heterocycles. The minimum Gasteiger partial charge on any atom is -0.348 e. The molecule has 2 aromatic rings. The van der Waals surface area contributed by atoms with E-state index >= 15 is 0 Å². The lowest BCUT2D eigenvalue weighted by Crippen LogP contribution is -2.39. The third kappa shape index (κ3) is 3.29. The maximum absolute atomic E-state index is 12.0. The predicted molar refractivity (Wildman–Crippen MR) is 90.5 cm³/mol. The van der Waals surface area contributed by atoms with E-state index in [-0.39, 0.29) is 17.4 Å². The molecule has 5 nitrogen and oxygen atoms in total. The molecule has 0 saturated carbocycles. The highest BCUT2D eigenvalue weighted by Crippen LogP contribution is 2.41. The second kappa shape index (κ2) is 6.16. The minimum atomic E-state index is 0.0204. The van der Waals surface area contributed by atoms with Gasteiger partial charge in [-0.05, 0) is 37.4 Å². The van der Waals surface area contributed by atoms with Crippen LogP contribution in [0.5, 0.6) is 0 Å². The topological polar surface area (TPSA) is 59.0 Å². The van der Waals surface area contributed by atoms with Crippen molar-refractivity contribution in [2.45, 2.75) is 32.7 Å². The minimum absolute atomic E-state index is 0.0204. The third-order valence-corrected chi connectivity index (χ3v) is 4.35. The second-order valence-electron chi connectivity index (χ2n) is 6.99. The fourth-order valence-corrected chi connectivity index (χ4v) is 3.37. The SMILES string of the molecule is CNCC(=O)N[C@@H]1CC(C)(C)Cc2c1cnn2-c1ccccc1. The number of carbonyl (C=O) groups is 1. The average Bonchev–Trinajstić information content (AvgIpc) is 2.90. The first-order chi connectivity index (χ1) is 11.0. The molecule has 122 valence electrons. The van der Waals surface area contributed by atoms with Crippen LogP contribution in [-0.4, -0.2) is 29.3 Å². The van der Waals surface area contributed by atoms with Gasteiger partial charge in [-0.25, -0.2) is 4.68 Å². The number of nitrogens with one attached hydrogen (secondary N) is 2. The fraction of sp³-hybridized carbons (Fsp3) is 0.444. The van der Waals surface area contributed by atoms with Crippen LogP contribution in [0.3, 0.4) is 0 Å². The normalized spacial score (nSPS) is 19.2. The quantitative estimate of drug-likeness (QED) is 0.910. The van der Waals surface area contributed by atoms with E-state index in [4.69, 9.17) is 0 Å². The van der Waals surface area contributed by atoms with Gasteiger partial charge in [-0.15, -0.1) is 0 Å². The Bertz CT molecular complexity index is 690. The van der Waals surface area contributed by atoms with Crippen LogP contribution in [0, 0.1) is 5.41 Å². The van der Waals surface area contributed by atoms with E-state index in [9.17, 15) is 4.79 Å². The van der Waals surface area contributed by atoms with Gasteiger partial charge < -0.3 is 10.6 Å². The van der Waals surface area contributed by atoms with Crippen molar-refractivity contribution < 1.29 is 4.79 Å². The van der Waals surface area contributed by atoms with E-state index in [1.54, 1.807) is 7.05 Å². The van der Waals surface area contributed by atoms with Crippen LogP contribution in [0.25, 0.3) is 5.69 Å². The number of amides is 1. The number of likely N-dealkylation sites (N-methyl/N-ethyl adjacent to an activating group) is 1. The Balaban J connectivity index is 1.96. The van der Waals surface area contributed by atoms with Crippen LogP contribution in [0.15, 0.2) is 36.5 Å². The molecule has 0 radical (unpaired) electrons. The molecule has 1 aliphatic carbocycles. The van der Waals surface area contributed by atoms with Gasteiger partial charge in [0.1, 0.15) is 0 Å². The summed E-state index contributed by atoms with van der Waals surface area (Å²) < 4.78 is 2.01. The Hall–Kier alpha value is -2.14. The summed E-state index contributed by atoms with van der Waals surface area (Å²) in [4.78, 5) is 12.0. The molecule has 0 spiro atoms. The first-order valence-corrected chi connectivity index (χ1v) is 8.06. The standard InChI is InChI=1S/C18H24N4O/c1-18(2)9-15(21-17(23)12-19-3)14-11-20-22(16(14)10-18)13-7-5-4-6-8-13/h4-8,11,15,19H,9-10,12H2,1-3H3,(H,21,23)/t15-/m1/s1. The van der Waals surface area contributed by atoms with Crippen molar-refractivity contribution in [1.29, 1.82) is 0 Å². The lowest BCUT2D eigenvalue weighted by atomic mass is 9.74. The summed E-state index contributed by atoms with van der Waals surface area (Å²) in [5, 5.41) is 10.6. The molecule has 1 aliphatic rings. The number of hydrogen-bond acceptors (Lipinski definition) is 3. The summed E-state index contributed by atoms with van der Waals surface area (Å²) in [5.41, 5.74) is 3.52. The van der Waals surface area contributed by atoms with Crippen molar-refractivity contribution in [3.63, 3.8) is 0 Å². The number of aromatic nitrogens is 2. The van der Waals surface area contributed by atoms with E-state index < -0.39 is 0 Å². The Morgan fingerprint density at radius 1 is 1.35 bits per heavy atom. The molecular weight excluding hydrogens is 288 g/mol. The van der Waals surface area contributed by atoms with E-state index in [1.165, 1.54) is 5.69 Å². The van der Waals surface area contributed by atoms with Gasteiger partial charge in [-0.1, -0.05) is 32.0 Å². The van der Waals surface area contributed by atoms with Gasteiger partial charge >= 0.3 is 0 Å². The average molecular weight is 312 g/mol. The maximum atomic E-state index is 12.0. The zero-order chi connectivity index (χ0) is 16.4. The number of para-hydroxylation sites is 1. The molecule has 1 aromatic heterocycles. The first-order valence-electron chi connectivity index (χ1n) is 8.06. The molecule has 1 heterocycles. The van der Waals surface area contributed by atoms with E-state index in [1.807, 2.05) is 29.1 Å². The molecule has 1 atom stereocenters. The lowest BCUT2D eigenvalue weighted by molar-refractivity contribution is -0.121. The summed E-state index contributed by atoms with van der Waals surface area (Å²) in [6, 6.07) is 10.2. The van der Waals surface area contributed by atoms with Crippen LogP contribution < -0.4 is 10.6 Å². The largest absolute Gasteiger partial charge is 0.348 e. The van der Waals surface area contributed by atoms with E-state index in [0.29, 0.717) is 6.54 Å². The summed E-state index contributed by atoms with van der Waals surface area (Å²) >= 11 is 0. The summed E-state index contributed by atoms with van der Waals surface area (Å²) in [7, 11) is 1.78. The molecule has 0 fully saturated rings. The molecule has 1 aromatic carbocycles. The summed E-state index contributed by atoms with van der Waals surface area (Å²) in [5.74, 6) is 0.0219.